The maximum absolute atomic E-state index is 12.4. The van der Waals surface area contributed by atoms with Crippen LogP contribution in [0.1, 0.15) is 17.0 Å². The van der Waals surface area contributed by atoms with E-state index >= 15 is 0 Å². The highest BCUT2D eigenvalue weighted by molar-refractivity contribution is 5.71. The van der Waals surface area contributed by atoms with E-state index in [1.165, 1.54) is 0 Å². The molecule has 5 nitrogen and oxygen atoms in total. The number of aryl methyl sites for hydroxylation is 2. The summed E-state index contributed by atoms with van der Waals surface area (Å²) < 4.78 is 38.9. The van der Waals surface area contributed by atoms with Crippen LogP contribution < -0.4 is 5.32 Å². The molecule has 0 saturated carbocycles. The second-order valence-electron chi connectivity index (χ2n) is 4.34. The van der Waals surface area contributed by atoms with Crippen LogP contribution >= 0.6 is 0 Å². The van der Waals surface area contributed by atoms with E-state index in [4.69, 9.17) is 5.11 Å². The number of carboxylic acids is 1. The fraction of sp³-hybridized carbons (Fsp3) is 0.636. The maximum Gasteiger partial charge on any atom is 0.403 e. The molecule has 108 valence electrons. The van der Waals surface area contributed by atoms with Crippen molar-refractivity contribution < 1.29 is 23.1 Å². The number of aliphatic carboxylic acids is 1. The van der Waals surface area contributed by atoms with E-state index in [9.17, 15) is 18.0 Å². The van der Waals surface area contributed by atoms with Gasteiger partial charge in [-0.05, 0) is 13.8 Å². The average molecular weight is 279 g/mol. The summed E-state index contributed by atoms with van der Waals surface area (Å²) in [5.74, 6) is -4.27. The van der Waals surface area contributed by atoms with Gasteiger partial charge in [-0.25, -0.2) is 0 Å². The van der Waals surface area contributed by atoms with Crippen molar-refractivity contribution in [2.45, 2.75) is 26.6 Å². The van der Waals surface area contributed by atoms with Crippen LogP contribution in [0.4, 0.5) is 13.2 Å². The second-order valence-corrected chi connectivity index (χ2v) is 4.34. The van der Waals surface area contributed by atoms with Gasteiger partial charge in [-0.2, -0.15) is 18.3 Å². The Kier molecular flexibility index (Phi) is 4.56. The quantitative estimate of drug-likeness (QED) is 0.854. The van der Waals surface area contributed by atoms with Crippen molar-refractivity contribution in [3.05, 3.63) is 17.0 Å². The molecule has 1 aromatic rings. The first kappa shape index (κ1) is 15.5. The van der Waals surface area contributed by atoms with Crippen molar-refractivity contribution in [1.29, 1.82) is 0 Å². The second kappa shape index (κ2) is 5.60. The van der Waals surface area contributed by atoms with Gasteiger partial charge in [-0.1, -0.05) is 0 Å². The molecular weight excluding hydrogens is 263 g/mol. The minimum atomic E-state index is -4.75. The van der Waals surface area contributed by atoms with E-state index in [1.54, 1.807) is 25.6 Å². The fourth-order valence-corrected chi connectivity index (χ4v) is 1.76. The molecule has 0 radical (unpaired) electrons. The Bertz CT molecular complexity index is 468. The SMILES string of the molecule is Cc1nn(C)c(C)c1CNCC(C(=O)O)C(F)(F)F. The zero-order valence-electron chi connectivity index (χ0n) is 10.9. The zero-order valence-corrected chi connectivity index (χ0v) is 10.9. The first-order valence-corrected chi connectivity index (χ1v) is 5.64. The summed E-state index contributed by atoms with van der Waals surface area (Å²) in [7, 11) is 1.74. The number of hydrogen-bond acceptors (Lipinski definition) is 3. The molecule has 1 heterocycles. The predicted octanol–water partition coefficient (Wildman–Crippen LogP) is 1.39. The topological polar surface area (TPSA) is 67.2 Å². The lowest BCUT2D eigenvalue weighted by atomic mass is 10.1. The largest absolute Gasteiger partial charge is 0.481 e. The first-order chi connectivity index (χ1) is 8.64. The molecule has 2 N–H and O–H groups in total. The number of alkyl halides is 3. The number of carboxylic acid groups (broad SMARTS) is 1. The molecule has 8 heteroatoms. The molecule has 0 bridgehead atoms. The maximum atomic E-state index is 12.4. The molecule has 1 atom stereocenters. The molecule has 0 spiro atoms. The number of hydrogen-bond donors (Lipinski definition) is 2. The third-order valence-corrected chi connectivity index (χ3v) is 3.00. The minimum absolute atomic E-state index is 0.158. The van der Waals surface area contributed by atoms with Gasteiger partial charge in [0.15, 0.2) is 5.92 Å². The summed E-state index contributed by atoms with van der Waals surface area (Å²) in [6.45, 7) is 3.05. The number of rotatable bonds is 5. The Morgan fingerprint density at radius 3 is 2.42 bits per heavy atom. The number of nitrogens with zero attached hydrogens (tertiary/aromatic N) is 2. The van der Waals surface area contributed by atoms with Crippen LogP contribution in [0, 0.1) is 19.8 Å². The summed E-state index contributed by atoms with van der Waals surface area (Å²) in [5.41, 5.74) is 2.34. The van der Waals surface area contributed by atoms with Gasteiger partial charge < -0.3 is 10.4 Å². The normalized spacial score (nSPS) is 13.6. The third-order valence-electron chi connectivity index (χ3n) is 3.00. The van der Waals surface area contributed by atoms with E-state index in [2.05, 4.69) is 10.4 Å². The monoisotopic (exact) mass is 279 g/mol. The summed E-state index contributed by atoms with van der Waals surface area (Å²) in [4.78, 5) is 10.6. The molecule has 0 aliphatic heterocycles. The number of nitrogens with one attached hydrogen (secondary N) is 1. The molecule has 1 rings (SSSR count). The van der Waals surface area contributed by atoms with Crippen molar-refractivity contribution in [1.82, 2.24) is 15.1 Å². The highest BCUT2D eigenvalue weighted by atomic mass is 19.4. The lowest BCUT2D eigenvalue weighted by Crippen LogP contribution is -2.39. The lowest BCUT2D eigenvalue weighted by molar-refractivity contribution is -0.192. The fourth-order valence-electron chi connectivity index (χ4n) is 1.76. The Hall–Kier alpha value is -1.57. The van der Waals surface area contributed by atoms with E-state index in [0.717, 1.165) is 11.3 Å². The average Bonchev–Trinajstić information content (AvgIpc) is 2.47. The van der Waals surface area contributed by atoms with E-state index in [1.807, 2.05) is 0 Å². The third kappa shape index (κ3) is 3.69. The van der Waals surface area contributed by atoms with Gasteiger partial charge in [0.05, 0.1) is 5.69 Å². The molecule has 0 saturated heterocycles. The van der Waals surface area contributed by atoms with Crippen LogP contribution in [0.2, 0.25) is 0 Å². The molecule has 19 heavy (non-hydrogen) atoms. The van der Waals surface area contributed by atoms with Gasteiger partial charge in [0, 0.05) is 31.4 Å². The summed E-state index contributed by atoms with van der Waals surface area (Å²) in [5, 5.41) is 15.2. The molecule has 0 aliphatic rings. The van der Waals surface area contributed by atoms with Crippen LogP contribution in [0.3, 0.4) is 0 Å². The highest BCUT2D eigenvalue weighted by Gasteiger charge is 2.44. The number of carbonyl (C=O) groups is 1. The number of aromatic nitrogens is 2. The van der Waals surface area contributed by atoms with Crippen LogP contribution in [-0.4, -0.2) is 33.6 Å². The first-order valence-electron chi connectivity index (χ1n) is 5.64. The molecule has 0 amide bonds. The zero-order chi connectivity index (χ0) is 14.8. The van der Waals surface area contributed by atoms with Gasteiger partial charge in [-0.3, -0.25) is 9.48 Å². The smallest absolute Gasteiger partial charge is 0.403 e. The Balaban J connectivity index is 2.65. The van der Waals surface area contributed by atoms with Crippen molar-refractivity contribution in [3.8, 4) is 0 Å². The number of halogens is 3. The highest BCUT2D eigenvalue weighted by Crippen LogP contribution is 2.26. The lowest BCUT2D eigenvalue weighted by Gasteiger charge is -2.16. The van der Waals surface area contributed by atoms with Crippen molar-refractivity contribution in [2.75, 3.05) is 6.54 Å². The van der Waals surface area contributed by atoms with Crippen molar-refractivity contribution in [3.63, 3.8) is 0 Å². The van der Waals surface area contributed by atoms with Crippen molar-refractivity contribution in [2.24, 2.45) is 13.0 Å². The van der Waals surface area contributed by atoms with Gasteiger partial charge in [0.2, 0.25) is 0 Å². The van der Waals surface area contributed by atoms with Gasteiger partial charge >= 0.3 is 12.1 Å². The van der Waals surface area contributed by atoms with Crippen LogP contribution in [0.5, 0.6) is 0 Å². The molecule has 0 fully saturated rings. The molecule has 1 aromatic heterocycles. The standard InChI is InChI=1S/C11H16F3N3O2/c1-6-8(7(2)17(3)16-6)4-15-5-9(10(18)19)11(12,13)14/h9,15H,4-5H2,1-3H3,(H,18,19). The van der Waals surface area contributed by atoms with Gasteiger partial charge in [0.1, 0.15) is 0 Å². The molecule has 0 aliphatic carbocycles. The summed E-state index contributed by atoms with van der Waals surface area (Å²) >= 11 is 0. The summed E-state index contributed by atoms with van der Waals surface area (Å²) in [6.07, 6.45) is -4.75. The van der Waals surface area contributed by atoms with Crippen LogP contribution in [0.25, 0.3) is 0 Å². The molecular formula is C11H16F3N3O2. The van der Waals surface area contributed by atoms with E-state index in [0.29, 0.717) is 5.69 Å². The predicted molar refractivity (Wildman–Crippen MR) is 61.6 cm³/mol. The van der Waals surface area contributed by atoms with Crippen LogP contribution in [-0.2, 0) is 18.4 Å². The summed E-state index contributed by atoms with van der Waals surface area (Å²) in [6, 6.07) is 0. The Morgan fingerprint density at radius 2 is 2.05 bits per heavy atom. The van der Waals surface area contributed by atoms with E-state index in [-0.39, 0.29) is 6.54 Å². The van der Waals surface area contributed by atoms with Gasteiger partial charge in [0.25, 0.3) is 0 Å². The minimum Gasteiger partial charge on any atom is -0.481 e. The van der Waals surface area contributed by atoms with Crippen molar-refractivity contribution >= 4 is 5.97 Å². The molecule has 1 unspecified atom stereocenters. The molecule has 0 aromatic carbocycles. The van der Waals surface area contributed by atoms with Gasteiger partial charge in [-0.15, -0.1) is 0 Å². The van der Waals surface area contributed by atoms with E-state index < -0.39 is 24.6 Å². The van der Waals surface area contributed by atoms with Crippen LogP contribution in [0.15, 0.2) is 0 Å². The Labute approximate surface area is 108 Å². The Morgan fingerprint density at radius 1 is 1.47 bits per heavy atom.